The Balaban J connectivity index is 1.28. The summed E-state index contributed by atoms with van der Waals surface area (Å²) >= 11 is 0. The molecule has 1 atom stereocenters. The molecule has 3 aromatic rings. The van der Waals surface area contributed by atoms with Crippen LogP contribution in [0.4, 0.5) is 5.69 Å². The highest BCUT2D eigenvalue weighted by molar-refractivity contribution is 6.05. The summed E-state index contributed by atoms with van der Waals surface area (Å²) in [7, 11) is 0. The van der Waals surface area contributed by atoms with E-state index in [9.17, 15) is 4.79 Å². The van der Waals surface area contributed by atoms with Crippen molar-refractivity contribution < 1.29 is 19.0 Å². The molecule has 3 aromatic carbocycles. The van der Waals surface area contributed by atoms with Crippen molar-refractivity contribution in [1.29, 1.82) is 0 Å². The average Bonchev–Trinajstić information content (AvgIpc) is 3.36. The van der Waals surface area contributed by atoms with Crippen molar-refractivity contribution >= 4 is 11.6 Å². The van der Waals surface area contributed by atoms with Gasteiger partial charge in [-0.25, -0.2) is 0 Å². The number of hydrogen-bond donors (Lipinski definition) is 1. The minimum absolute atomic E-state index is 0.169. The van der Waals surface area contributed by atoms with E-state index in [1.807, 2.05) is 54.6 Å². The molecule has 5 heteroatoms. The maximum atomic E-state index is 12.7. The molecule has 0 saturated carbocycles. The molecule has 1 heterocycles. The molecule has 4 rings (SSSR count). The molecule has 1 saturated heterocycles. The highest BCUT2D eigenvalue weighted by Gasteiger charge is 2.16. The fraction of sp³-hybridized carbons (Fsp3) is 0.296. The number of rotatable bonds is 10. The zero-order valence-electron chi connectivity index (χ0n) is 18.2. The standard InChI is InChI=1S/C27H29NO4/c29-27(22-14-16-23(17-15-22)32-20-24-11-7-18-30-24)28-25-12-4-5-13-26(25)31-19-6-10-21-8-2-1-3-9-21/h1-5,8-9,12-17,24H,6-7,10-11,18-20H2,(H,28,29). The molecule has 1 amide bonds. The van der Waals surface area contributed by atoms with Gasteiger partial charge >= 0.3 is 0 Å². The zero-order valence-corrected chi connectivity index (χ0v) is 18.2. The van der Waals surface area contributed by atoms with Gasteiger partial charge in [0.1, 0.15) is 18.1 Å². The predicted octanol–water partition coefficient (Wildman–Crippen LogP) is 5.51. The van der Waals surface area contributed by atoms with Crippen LogP contribution in [0.5, 0.6) is 11.5 Å². The van der Waals surface area contributed by atoms with Gasteiger partial charge < -0.3 is 19.5 Å². The lowest BCUT2D eigenvalue weighted by atomic mass is 10.1. The third-order valence-corrected chi connectivity index (χ3v) is 5.42. The van der Waals surface area contributed by atoms with Crippen LogP contribution in [0.25, 0.3) is 0 Å². The summed E-state index contributed by atoms with van der Waals surface area (Å²) in [6.07, 6.45) is 4.15. The summed E-state index contributed by atoms with van der Waals surface area (Å²) in [6, 6.07) is 25.0. The van der Waals surface area contributed by atoms with E-state index in [0.29, 0.717) is 30.2 Å². The van der Waals surface area contributed by atoms with Gasteiger partial charge in [-0.15, -0.1) is 0 Å². The summed E-state index contributed by atoms with van der Waals surface area (Å²) in [4.78, 5) is 12.7. The van der Waals surface area contributed by atoms with Crippen LogP contribution in [0.3, 0.4) is 0 Å². The second-order valence-electron chi connectivity index (χ2n) is 7.86. The van der Waals surface area contributed by atoms with Gasteiger partial charge in [-0.2, -0.15) is 0 Å². The Bertz CT molecular complexity index is 982. The maximum absolute atomic E-state index is 12.7. The van der Waals surface area contributed by atoms with Gasteiger partial charge in [0, 0.05) is 12.2 Å². The van der Waals surface area contributed by atoms with Gasteiger partial charge in [0.05, 0.1) is 18.4 Å². The van der Waals surface area contributed by atoms with E-state index < -0.39 is 0 Å². The van der Waals surface area contributed by atoms with Gasteiger partial charge in [0.25, 0.3) is 5.91 Å². The number of ether oxygens (including phenoxy) is 3. The summed E-state index contributed by atoms with van der Waals surface area (Å²) in [5.41, 5.74) is 2.52. The van der Waals surface area contributed by atoms with Crippen LogP contribution in [0, 0.1) is 0 Å². The number of nitrogens with one attached hydrogen (secondary N) is 1. The quantitative estimate of drug-likeness (QED) is 0.430. The SMILES string of the molecule is O=C(Nc1ccccc1OCCCc1ccccc1)c1ccc(OCC2CCCO2)cc1. The van der Waals surface area contributed by atoms with E-state index >= 15 is 0 Å². The molecule has 1 fully saturated rings. The largest absolute Gasteiger partial charge is 0.491 e. The lowest BCUT2D eigenvalue weighted by Crippen LogP contribution is -2.16. The van der Waals surface area contributed by atoms with Crippen LogP contribution >= 0.6 is 0 Å². The van der Waals surface area contributed by atoms with Crippen molar-refractivity contribution in [2.75, 3.05) is 25.1 Å². The summed E-state index contributed by atoms with van der Waals surface area (Å²) in [5.74, 6) is 1.22. The van der Waals surface area contributed by atoms with Crippen LogP contribution in [-0.4, -0.2) is 31.8 Å². The van der Waals surface area contributed by atoms with E-state index in [4.69, 9.17) is 14.2 Å². The molecule has 0 bridgehead atoms. The van der Waals surface area contributed by atoms with E-state index in [1.165, 1.54) is 5.56 Å². The monoisotopic (exact) mass is 431 g/mol. The highest BCUT2D eigenvalue weighted by atomic mass is 16.5. The van der Waals surface area contributed by atoms with Crippen LogP contribution in [0.1, 0.15) is 35.2 Å². The molecule has 32 heavy (non-hydrogen) atoms. The minimum Gasteiger partial charge on any atom is -0.491 e. The summed E-state index contributed by atoms with van der Waals surface area (Å²) in [6.45, 7) is 1.93. The van der Waals surface area contributed by atoms with E-state index in [-0.39, 0.29) is 12.0 Å². The second-order valence-corrected chi connectivity index (χ2v) is 7.86. The zero-order chi connectivity index (χ0) is 22.0. The van der Waals surface area contributed by atoms with Gasteiger partial charge in [-0.3, -0.25) is 4.79 Å². The Hall–Kier alpha value is -3.31. The van der Waals surface area contributed by atoms with Crippen molar-refractivity contribution in [3.8, 4) is 11.5 Å². The number of hydrogen-bond acceptors (Lipinski definition) is 4. The molecule has 1 unspecified atom stereocenters. The molecule has 166 valence electrons. The smallest absolute Gasteiger partial charge is 0.255 e. The molecule has 5 nitrogen and oxygen atoms in total. The van der Waals surface area contributed by atoms with E-state index in [1.54, 1.807) is 12.1 Å². The Morgan fingerprint density at radius 1 is 0.938 bits per heavy atom. The van der Waals surface area contributed by atoms with Crippen molar-refractivity contribution in [3.05, 3.63) is 90.0 Å². The second kappa shape index (κ2) is 11.3. The number of aryl methyl sites for hydroxylation is 1. The van der Waals surface area contributed by atoms with Gasteiger partial charge in [0.2, 0.25) is 0 Å². The Morgan fingerprint density at radius 3 is 2.50 bits per heavy atom. The van der Waals surface area contributed by atoms with Crippen molar-refractivity contribution in [2.45, 2.75) is 31.8 Å². The van der Waals surface area contributed by atoms with Gasteiger partial charge in [0.15, 0.2) is 0 Å². The van der Waals surface area contributed by atoms with Crippen LogP contribution in [-0.2, 0) is 11.2 Å². The number of benzene rings is 3. The predicted molar refractivity (Wildman–Crippen MR) is 126 cm³/mol. The first kappa shape index (κ1) is 21.9. The summed E-state index contributed by atoms with van der Waals surface area (Å²) in [5, 5.41) is 2.96. The molecule has 0 aromatic heterocycles. The number of para-hydroxylation sites is 2. The molecule has 1 aliphatic heterocycles. The maximum Gasteiger partial charge on any atom is 0.255 e. The number of carbonyl (C=O) groups excluding carboxylic acids is 1. The Kier molecular flexibility index (Phi) is 7.77. The molecule has 1 N–H and O–H groups in total. The number of carbonyl (C=O) groups is 1. The molecule has 0 spiro atoms. The molecule has 1 aliphatic rings. The van der Waals surface area contributed by atoms with Gasteiger partial charge in [-0.05, 0) is 67.6 Å². The molecular formula is C27H29NO4. The fourth-order valence-electron chi connectivity index (χ4n) is 3.66. The van der Waals surface area contributed by atoms with Crippen LogP contribution in [0.15, 0.2) is 78.9 Å². The van der Waals surface area contributed by atoms with Crippen molar-refractivity contribution in [3.63, 3.8) is 0 Å². The number of anilines is 1. The average molecular weight is 432 g/mol. The summed E-state index contributed by atoms with van der Waals surface area (Å²) < 4.78 is 17.3. The first-order valence-electron chi connectivity index (χ1n) is 11.2. The first-order chi connectivity index (χ1) is 15.8. The van der Waals surface area contributed by atoms with Crippen LogP contribution in [0.2, 0.25) is 0 Å². The van der Waals surface area contributed by atoms with Crippen molar-refractivity contribution in [2.24, 2.45) is 0 Å². The third-order valence-electron chi connectivity index (χ3n) is 5.42. The third kappa shape index (κ3) is 6.34. The van der Waals surface area contributed by atoms with Gasteiger partial charge in [-0.1, -0.05) is 42.5 Å². The van der Waals surface area contributed by atoms with Crippen molar-refractivity contribution in [1.82, 2.24) is 0 Å². The normalized spacial score (nSPS) is 15.3. The van der Waals surface area contributed by atoms with E-state index in [0.717, 1.165) is 38.0 Å². The molecule has 0 radical (unpaired) electrons. The molecular weight excluding hydrogens is 402 g/mol. The number of amides is 1. The first-order valence-corrected chi connectivity index (χ1v) is 11.2. The Morgan fingerprint density at radius 2 is 1.72 bits per heavy atom. The lowest BCUT2D eigenvalue weighted by Gasteiger charge is -2.13. The topological polar surface area (TPSA) is 56.8 Å². The highest BCUT2D eigenvalue weighted by Crippen LogP contribution is 2.25. The van der Waals surface area contributed by atoms with E-state index in [2.05, 4.69) is 17.4 Å². The fourth-order valence-corrected chi connectivity index (χ4v) is 3.66. The molecule has 0 aliphatic carbocycles. The van der Waals surface area contributed by atoms with Crippen LogP contribution < -0.4 is 14.8 Å². The Labute approximate surface area is 189 Å². The lowest BCUT2D eigenvalue weighted by molar-refractivity contribution is 0.0679. The minimum atomic E-state index is -0.184.